The molecule has 2 aromatic rings. The summed E-state index contributed by atoms with van der Waals surface area (Å²) in [4.78, 5) is 18.5. The predicted molar refractivity (Wildman–Crippen MR) is 83.0 cm³/mol. The van der Waals surface area contributed by atoms with Crippen LogP contribution in [0, 0.1) is 13.8 Å². The smallest absolute Gasteiger partial charge is 0.273 e. The zero-order chi connectivity index (χ0) is 14.8. The van der Waals surface area contributed by atoms with Gasteiger partial charge in [-0.1, -0.05) is 17.4 Å². The summed E-state index contributed by atoms with van der Waals surface area (Å²) >= 11 is 1.48. The van der Waals surface area contributed by atoms with Crippen LogP contribution in [0.5, 0.6) is 5.19 Å². The standard InChI is InChI=1S/C16H18N2O2S/c1-11-3-4-13(9-12(11)2)15(19)18-7-5-14(10-18)20-16-17-6-8-21-16/h3-4,6,8-9,14H,5,7,10H2,1-2H3. The van der Waals surface area contributed by atoms with Gasteiger partial charge in [-0.15, -0.1) is 0 Å². The largest absolute Gasteiger partial charge is 0.465 e. The van der Waals surface area contributed by atoms with Crippen LogP contribution in [0.15, 0.2) is 29.8 Å². The van der Waals surface area contributed by atoms with Gasteiger partial charge in [0.05, 0.1) is 6.54 Å². The summed E-state index contributed by atoms with van der Waals surface area (Å²) in [7, 11) is 0. The molecule has 1 aliphatic rings. The van der Waals surface area contributed by atoms with Crippen molar-refractivity contribution in [3.63, 3.8) is 0 Å². The fraction of sp³-hybridized carbons (Fsp3) is 0.375. The van der Waals surface area contributed by atoms with Gasteiger partial charge in [-0.25, -0.2) is 4.98 Å². The maximum Gasteiger partial charge on any atom is 0.273 e. The number of carbonyl (C=O) groups is 1. The Morgan fingerprint density at radius 2 is 2.24 bits per heavy atom. The van der Waals surface area contributed by atoms with Gasteiger partial charge in [0.25, 0.3) is 11.1 Å². The lowest BCUT2D eigenvalue weighted by Crippen LogP contribution is -2.31. The average Bonchev–Trinajstić information content (AvgIpc) is 3.13. The lowest BCUT2D eigenvalue weighted by atomic mass is 10.1. The van der Waals surface area contributed by atoms with Gasteiger partial charge in [0.1, 0.15) is 6.10 Å². The van der Waals surface area contributed by atoms with Crippen LogP contribution in [0.25, 0.3) is 0 Å². The van der Waals surface area contributed by atoms with Crippen molar-refractivity contribution < 1.29 is 9.53 Å². The number of likely N-dealkylation sites (tertiary alicyclic amines) is 1. The number of rotatable bonds is 3. The first-order valence-electron chi connectivity index (χ1n) is 7.06. The van der Waals surface area contributed by atoms with Gasteiger partial charge in [-0.3, -0.25) is 4.79 Å². The van der Waals surface area contributed by atoms with E-state index in [-0.39, 0.29) is 12.0 Å². The van der Waals surface area contributed by atoms with E-state index in [1.54, 1.807) is 6.20 Å². The molecule has 1 aromatic heterocycles. The monoisotopic (exact) mass is 302 g/mol. The molecule has 1 atom stereocenters. The Hall–Kier alpha value is -1.88. The highest BCUT2D eigenvalue weighted by Crippen LogP contribution is 2.22. The first-order valence-corrected chi connectivity index (χ1v) is 7.94. The molecule has 2 heterocycles. The Balaban J connectivity index is 1.65. The van der Waals surface area contributed by atoms with Gasteiger partial charge in [-0.05, 0) is 37.1 Å². The van der Waals surface area contributed by atoms with Crippen molar-refractivity contribution in [2.75, 3.05) is 13.1 Å². The summed E-state index contributed by atoms with van der Waals surface area (Å²) in [6, 6.07) is 5.87. The van der Waals surface area contributed by atoms with Crippen LogP contribution in [0.3, 0.4) is 0 Å². The number of thiazole rings is 1. The van der Waals surface area contributed by atoms with Gasteiger partial charge in [0, 0.05) is 30.1 Å². The van der Waals surface area contributed by atoms with E-state index in [0.717, 1.165) is 24.1 Å². The van der Waals surface area contributed by atoms with Gasteiger partial charge in [0.2, 0.25) is 0 Å². The Morgan fingerprint density at radius 3 is 2.95 bits per heavy atom. The SMILES string of the molecule is Cc1ccc(C(=O)N2CCC(Oc3nccs3)C2)cc1C. The van der Waals surface area contributed by atoms with Crippen LogP contribution in [0.4, 0.5) is 0 Å². The van der Waals surface area contributed by atoms with E-state index in [4.69, 9.17) is 4.74 Å². The zero-order valence-electron chi connectivity index (χ0n) is 12.2. The summed E-state index contributed by atoms with van der Waals surface area (Å²) in [6.45, 7) is 5.45. The van der Waals surface area contributed by atoms with Crippen molar-refractivity contribution in [3.05, 3.63) is 46.5 Å². The van der Waals surface area contributed by atoms with Crippen molar-refractivity contribution >= 4 is 17.2 Å². The lowest BCUT2D eigenvalue weighted by molar-refractivity contribution is 0.0772. The molecular weight excluding hydrogens is 284 g/mol. The molecule has 0 radical (unpaired) electrons. The number of amides is 1. The highest BCUT2D eigenvalue weighted by atomic mass is 32.1. The zero-order valence-corrected chi connectivity index (χ0v) is 13.0. The topological polar surface area (TPSA) is 42.4 Å². The van der Waals surface area contributed by atoms with Gasteiger partial charge in [-0.2, -0.15) is 0 Å². The van der Waals surface area contributed by atoms with E-state index in [2.05, 4.69) is 11.9 Å². The molecule has 1 fully saturated rings. The second-order valence-electron chi connectivity index (χ2n) is 5.38. The van der Waals surface area contributed by atoms with Gasteiger partial charge in [0.15, 0.2) is 0 Å². The number of carbonyl (C=O) groups excluding carboxylic acids is 1. The molecule has 0 spiro atoms. The normalized spacial score (nSPS) is 18.0. The van der Waals surface area contributed by atoms with E-state index < -0.39 is 0 Å². The number of aryl methyl sites for hydroxylation is 2. The maximum absolute atomic E-state index is 12.5. The Bertz CT molecular complexity index is 640. The molecule has 1 unspecified atom stereocenters. The Labute approximate surface area is 128 Å². The summed E-state index contributed by atoms with van der Waals surface area (Å²) in [5, 5.41) is 2.57. The average molecular weight is 302 g/mol. The van der Waals surface area contributed by atoms with Crippen LogP contribution >= 0.6 is 11.3 Å². The van der Waals surface area contributed by atoms with Crippen LogP contribution in [-0.4, -0.2) is 35.0 Å². The van der Waals surface area contributed by atoms with E-state index >= 15 is 0 Å². The number of benzene rings is 1. The minimum absolute atomic E-state index is 0.0478. The molecule has 1 aromatic carbocycles. The lowest BCUT2D eigenvalue weighted by Gasteiger charge is -2.17. The molecule has 1 aliphatic heterocycles. The summed E-state index contributed by atoms with van der Waals surface area (Å²) in [5.41, 5.74) is 3.11. The highest BCUT2D eigenvalue weighted by molar-refractivity contribution is 7.11. The van der Waals surface area contributed by atoms with Gasteiger partial charge < -0.3 is 9.64 Å². The highest BCUT2D eigenvalue weighted by Gasteiger charge is 2.28. The molecule has 110 valence electrons. The number of hydrogen-bond acceptors (Lipinski definition) is 4. The second kappa shape index (κ2) is 5.85. The minimum Gasteiger partial charge on any atom is -0.465 e. The first kappa shape index (κ1) is 14.1. The van der Waals surface area contributed by atoms with Crippen molar-refractivity contribution in [1.82, 2.24) is 9.88 Å². The third-order valence-corrected chi connectivity index (χ3v) is 4.52. The first-order chi connectivity index (χ1) is 10.1. The molecule has 0 bridgehead atoms. The Kier molecular flexibility index (Phi) is 3.92. The second-order valence-corrected chi connectivity index (χ2v) is 6.23. The van der Waals surface area contributed by atoms with Crippen molar-refractivity contribution in [2.24, 2.45) is 0 Å². The minimum atomic E-state index is 0.0478. The van der Waals surface area contributed by atoms with E-state index in [1.807, 2.05) is 35.4 Å². The molecule has 0 N–H and O–H groups in total. The fourth-order valence-corrected chi connectivity index (χ4v) is 3.03. The quantitative estimate of drug-likeness (QED) is 0.875. The summed E-state index contributed by atoms with van der Waals surface area (Å²) in [6.07, 6.45) is 2.63. The molecule has 4 nitrogen and oxygen atoms in total. The summed E-state index contributed by atoms with van der Waals surface area (Å²) in [5.74, 6) is 0.0864. The van der Waals surface area contributed by atoms with Crippen molar-refractivity contribution in [1.29, 1.82) is 0 Å². The van der Waals surface area contributed by atoms with Crippen molar-refractivity contribution in [3.8, 4) is 5.19 Å². The molecule has 3 rings (SSSR count). The molecule has 1 saturated heterocycles. The van der Waals surface area contributed by atoms with E-state index in [1.165, 1.54) is 16.9 Å². The van der Waals surface area contributed by atoms with E-state index in [9.17, 15) is 4.79 Å². The van der Waals surface area contributed by atoms with Crippen LogP contribution in [0.2, 0.25) is 0 Å². The number of ether oxygens (including phenoxy) is 1. The third kappa shape index (κ3) is 3.08. The number of aromatic nitrogens is 1. The molecular formula is C16H18N2O2S. The fourth-order valence-electron chi connectivity index (χ4n) is 2.48. The van der Waals surface area contributed by atoms with Crippen molar-refractivity contribution in [2.45, 2.75) is 26.4 Å². The number of nitrogens with zero attached hydrogens (tertiary/aromatic N) is 2. The van der Waals surface area contributed by atoms with Crippen LogP contribution in [-0.2, 0) is 0 Å². The van der Waals surface area contributed by atoms with Crippen LogP contribution in [0.1, 0.15) is 27.9 Å². The molecule has 0 aliphatic carbocycles. The summed E-state index contributed by atoms with van der Waals surface area (Å²) < 4.78 is 5.79. The molecule has 5 heteroatoms. The predicted octanol–water partition coefficient (Wildman–Crippen LogP) is 3.05. The van der Waals surface area contributed by atoms with E-state index in [0.29, 0.717) is 11.7 Å². The molecule has 21 heavy (non-hydrogen) atoms. The Morgan fingerprint density at radius 1 is 1.38 bits per heavy atom. The third-order valence-electron chi connectivity index (χ3n) is 3.86. The number of hydrogen-bond donors (Lipinski definition) is 0. The molecule has 0 saturated carbocycles. The van der Waals surface area contributed by atoms with Crippen LogP contribution < -0.4 is 4.74 Å². The van der Waals surface area contributed by atoms with Gasteiger partial charge >= 0.3 is 0 Å². The maximum atomic E-state index is 12.5. The molecule has 1 amide bonds.